The Kier molecular flexibility index (Phi) is 2.60. The van der Waals surface area contributed by atoms with Crippen molar-refractivity contribution in [3.05, 3.63) is 6.20 Å². The molecule has 2 heterocycles. The highest BCUT2D eigenvalue weighted by Crippen LogP contribution is 2.29. The van der Waals surface area contributed by atoms with E-state index in [1.165, 1.54) is 11.3 Å². The van der Waals surface area contributed by atoms with Crippen LogP contribution in [0.4, 0.5) is 10.1 Å². The molecule has 0 aromatic carbocycles. The normalized spacial score (nSPS) is 24.1. The van der Waals surface area contributed by atoms with Gasteiger partial charge < -0.3 is 15.7 Å². The van der Waals surface area contributed by atoms with Crippen LogP contribution >= 0.6 is 11.3 Å². The van der Waals surface area contributed by atoms with Crippen molar-refractivity contribution < 1.29 is 5.11 Å². The SMILES string of the molecule is CC(O)C1CCN(c2ncc(N)s2)C1. The number of hydrogen-bond donors (Lipinski definition) is 2. The van der Waals surface area contributed by atoms with Gasteiger partial charge in [0.25, 0.3) is 0 Å². The molecule has 78 valence electrons. The summed E-state index contributed by atoms with van der Waals surface area (Å²) in [5.41, 5.74) is 5.62. The molecule has 0 radical (unpaired) electrons. The molecular formula is C9H15N3OS. The van der Waals surface area contributed by atoms with Crippen LogP contribution in [0, 0.1) is 5.92 Å². The Labute approximate surface area is 87.4 Å². The van der Waals surface area contributed by atoms with Crippen LogP contribution in [-0.4, -0.2) is 29.3 Å². The fourth-order valence-corrected chi connectivity index (χ4v) is 2.49. The molecule has 2 unspecified atom stereocenters. The molecule has 1 saturated heterocycles. The summed E-state index contributed by atoms with van der Waals surface area (Å²) in [7, 11) is 0. The highest BCUT2D eigenvalue weighted by Gasteiger charge is 2.27. The quantitative estimate of drug-likeness (QED) is 0.767. The first-order chi connectivity index (χ1) is 6.66. The van der Waals surface area contributed by atoms with Gasteiger partial charge in [-0.05, 0) is 13.3 Å². The van der Waals surface area contributed by atoms with E-state index < -0.39 is 0 Å². The number of aliphatic hydroxyl groups is 1. The molecule has 1 aliphatic rings. The molecule has 0 saturated carbocycles. The van der Waals surface area contributed by atoms with Gasteiger partial charge in [0.2, 0.25) is 0 Å². The predicted octanol–water partition coefficient (Wildman–Crippen LogP) is 0.932. The largest absolute Gasteiger partial charge is 0.393 e. The number of hydrogen-bond acceptors (Lipinski definition) is 5. The summed E-state index contributed by atoms with van der Waals surface area (Å²) in [6.07, 6.45) is 2.50. The number of nitrogen functional groups attached to an aromatic ring is 1. The van der Waals surface area contributed by atoms with Crippen LogP contribution in [0.5, 0.6) is 0 Å². The molecule has 14 heavy (non-hydrogen) atoms. The number of nitrogens with zero attached hydrogens (tertiary/aromatic N) is 2. The van der Waals surface area contributed by atoms with Crippen LogP contribution in [0.3, 0.4) is 0 Å². The van der Waals surface area contributed by atoms with Gasteiger partial charge in [-0.3, -0.25) is 0 Å². The summed E-state index contributed by atoms with van der Waals surface area (Å²) in [5.74, 6) is 0.375. The van der Waals surface area contributed by atoms with E-state index in [0.29, 0.717) is 5.92 Å². The lowest BCUT2D eigenvalue weighted by molar-refractivity contribution is 0.136. The zero-order valence-corrected chi connectivity index (χ0v) is 9.00. The van der Waals surface area contributed by atoms with E-state index in [4.69, 9.17) is 5.73 Å². The van der Waals surface area contributed by atoms with Crippen molar-refractivity contribution in [2.75, 3.05) is 23.7 Å². The van der Waals surface area contributed by atoms with Gasteiger partial charge in [0.15, 0.2) is 5.13 Å². The number of nitrogens with two attached hydrogens (primary N) is 1. The van der Waals surface area contributed by atoms with E-state index in [0.717, 1.165) is 29.6 Å². The summed E-state index contributed by atoms with van der Waals surface area (Å²) in [4.78, 5) is 6.42. The van der Waals surface area contributed by atoms with Gasteiger partial charge in [-0.15, -0.1) is 0 Å². The van der Waals surface area contributed by atoms with Crippen molar-refractivity contribution in [1.29, 1.82) is 0 Å². The van der Waals surface area contributed by atoms with Crippen LogP contribution in [0.25, 0.3) is 0 Å². The third kappa shape index (κ3) is 1.83. The Morgan fingerprint density at radius 1 is 1.79 bits per heavy atom. The van der Waals surface area contributed by atoms with Gasteiger partial charge in [-0.2, -0.15) is 0 Å². The van der Waals surface area contributed by atoms with Gasteiger partial charge in [0, 0.05) is 19.0 Å². The van der Waals surface area contributed by atoms with E-state index in [1.54, 1.807) is 6.20 Å². The number of thiazole rings is 1. The summed E-state index contributed by atoms with van der Waals surface area (Å²) in [6.45, 7) is 3.72. The summed E-state index contributed by atoms with van der Waals surface area (Å²) >= 11 is 1.51. The zero-order chi connectivity index (χ0) is 10.1. The molecule has 0 amide bonds. The second-order valence-electron chi connectivity index (χ2n) is 3.78. The van der Waals surface area contributed by atoms with Gasteiger partial charge in [-0.25, -0.2) is 4.98 Å². The van der Waals surface area contributed by atoms with Gasteiger partial charge in [0.1, 0.15) is 5.00 Å². The van der Waals surface area contributed by atoms with Crippen LogP contribution in [0.1, 0.15) is 13.3 Å². The molecule has 3 N–H and O–H groups in total. The molecule has 0 bridgehead atoms. The number of aliphatic hydroxyl groups excluding tert-OH is 1. The first kappa shape index (κ1) is 9.73. The van der Waals surface area contributed by atoms with E-state index >= 15 is 0 Å². The standard InChI is InChI=1S/C9H15N3OS/c1-6(13)7-2-3-12(5-7)9-11-4-8(10)14-9/h4,6-7,13H,2-3,5,10H2,1H3. The second-order valence-corrected chi connectivity index (χ2v) is 4.82. The molecule has 0 spiro atoms. The first-order valence-corrected chi connectivity index (χ1v) is 5.63. The third-order valence-electron chi connectivity index (χ3n) is 2.69. The Morgan fingerprint density at radius 2 is 2.57 bits per heavy atom. The van der Waals surface area contributed by atoms with Crippen molar-refractivity contribution >= 4 is 21.5 Å². The molecule has 0 aliphatic carbocycles. The van der Waals surface area contributed by atoms with Gasteiger partial charge in [0.05, 0.1) is 12.3 Å². The Balaban J connectivity index is 2.02. The molecule has 4 nitrogen and oxygen atoms in total. The average Bonchev–Trinajstić information content (AvgIpc) is 2.70. The predicted molar refractivity (Wildman–Crippen MR) is 58.5 cm³/mol. The molecule has 1 aromatic heterocycles. The van der Waals surface area contributed by atoms with Crippen molar-refractivity contribution in [3.63, 3.8) is 0 Å². The van der Waals surface area contributed by atoms with Crippen LogP contribution < -0.4 is 10.6 Å². The highest BCUT2D eigenvalue weighted by molar-refractivity contribution is 7.19. The fraction of sp³-hybridized carbons (Fsp3) is 0.667. The lowest BCUT2D eigenvalue weighted by Gasteiger charge is -2.16. The van der Waals surface area contributed by atoms with E-state index in [9.17, 15) is 5.11 Å². The van der Waals surface area contributed by atoms with E-state index in [1.807, 2.05) is 6.92 Å². The second kappa shape index (κ2) is 3.74. The number of aromatic nitrogens is 1. The first-order valence-electron chi connectivity index (χ1n) is 4.81. The molecule has 2 atom stereocenters. The van der Waals surface area contributed by atoms with Crippen molar-refractivity contribution in [3.8, 4) is 0 Å². The molecule has 5 heteroatoms. The van der Waals surface area contributed by atoms with Crippen molar-refractivity contribution in [1.82, 2.24) is 4.98 Å². The molecule has 1 aromatic rings. The van der Waals surface area contributed by atoms with Crippen LogP contribution in [0.2, 0.25) is 0 Å². The Morgan fingerprint density at radius 3 is 3.07 bits per heavy atom. The topological polar surface area (TPSA) is 62.4 Å². The zero-order valence-electron chi connectivity index (χ0n) is 8.18. The number of anilines is 2. The minimum atomic E-state index is -0.225. The smallest absolute Gasteiger partial charge is 0.187 e. The van der Waals surface area contributed by atoms with Crippen LogP contribution in [-0.2, 0) is 0 Å². The molecular weight excluding hydrogens is 198 g/mol. The number of rotatable bonds is 2. The summed E-state index contributed by atoms with van der Waals surface area (Å²) in [6, 6.07) is 0. The Bertz CT molecular complexity index is 313. The summed E-state index contributed by atoms with van der Waals surface area (Å²) in [5, 5.41) is 11.2. The lowest BCUT2D eigenvalue weighted by Crippen LogP contribution is -2.23. The summed E-state index contributed by atoms with van der Waals surface area (Å²) < 4.78 is 0. The third-order valence-corrected chi connectivity index (χ3v) is 3.58. The fourth-order valence-electron chi connectivity index (χ4n) is 1.78. The monoisotopic (exact) mass is 213 g/mol. The van der Waals surface area contributed by atoms with Gasteiger partial charge in [-0.1, -0.05) is 11.3 Å². The molecule has 2 rings (SSSR count). The molecule has 1 fully saturated rings. The van der Waals surface area contributed by atoms with Crippen molar-refractivity contribution in [2.45, 2.75) is 19.4 Å². The maximum absolute atomic E-state index is 9.45. The maximum atomic E-state index is 9.45. The Hall–Kier alpha value is -0.810. The van der Waals surface area contributed by atoms with E-state index in [-0.39, 0.29) is 6.10 Å². The minimum Gasteiger partial charge on any atom is -0.393 e. The van der Waals surface area contributed by atoms with Gasteiger partial charge >= 0.3 is 0 Å². The lowest BCUT2D eigenvalue weighted by atomic mass is 10.0. The average molecular weight is 213 g/mol. The highest BCUT2D eigenvalue weighted by atomic mass is 32.1. The van der Waals surface area contributed by atoms with Crippen molar-refractivity contribution in [2.24, 2.45) is 5.92 Å². The maximum Gasteiger partial charge on any atom is 0.187 e. The minimum absolute atomic E-state index is 0.225. The van der Waals surface area contributed by atoms with E-state index in [2.05, 4.69) is 9.88 Å². The van der Waals surface area contributed by atoms with Crippen LogP contribution in [0.15, 0.2) is 6.20 Å². The molecule has 1 aliphatic heterocycles.